The average Bonchev–Trinajstić information content (AvgIpc) is 2.81. The van der Waals surface area contributed by atoms with Gasteiger partial charge < -0.3 is 10.2 Å². The zero-order valence-corrected chi connectivity index (χ0v) is 19.9. The molecule has 33 heavy (non-hydrogen) atoms. The maximum Gasteiger partial charge on any atom is 0.253 e. The summed E-state index contributed by atoms with van der Waals surface area (Å²) in [7, 11) is -1.50. The molecular weight excluding hydrogens is 436 g/mol. The number of amides is 2. The van der Waals surface area contributed by atoms with Crippen molar-refractivity contribution >= 4 is 27.3 Å². The number of nitrogens with zero attached hydrogens (tertiary/aromatic N) is 1. The molecule has 3 aromatic carbocycles. The van der Waals surface area contributed by atoms with E-state index in [1.165, 1.54) is 12.1 Å². The van der Waals surface area contributed by atoms with Crippen LogP contribution in [-0.4, -0.2) is 37.9 Å². The molecule has 0 unspecified atom stereocenters. The Hall–Kier alpha value is -3.45. The van der Waals surface area contributed by atoms with Gasteiger partial charge in [-0.3, -0.25) is 9.59 Å². The van der Waals surface area contributed by atoms with Crippen LogP contribution in [0.15, 0.2) is 77.7 Å². The van der Waals surface area contributed by atoms with E-state index in [2.05, 4.69) is 5.32 Å². The summed E-state index contributed by atoms with van der Waals surface area (Å²) >= 11 is 0. The maximum absolute atomic E-state index is 12.8. The van der Waals surface area contributed by atoms with Gasteiger partial charge in [0.25, 0.3) is 5.91 Å². The molecule has 3 rings (SSSR count). The Labute approximate surface area is 195 Å². The van der Waals surface area contributed by atoms with Crippen LogP contribution >= 0.6 is 0 Å². The van der Waals surface area contributed by atoms with Gasteiger partial charge in [-0.25, -0.2) is 8.42 Å². The van der Waals surface area contributed by atoms with Crippen molar-refractivity contribution in [2.75, 3.05) is 18.1 Å². The lowest BCUT2D eigenvalue weighted by atomic mass is 10.1. The number of hydrogen-bond acceptors (Lipinski definition) is 4. The minimum atomic E-state index is -3.26. The predicted molar refractivity (Wildman–Crippen MR) is 130 cm³/mol. The topological polar surface area (TPSA) is 83.5 Å². The lowest BCUT2D eigenvalue weighted by Gasteiger charge is -2.19. The van der Waals surface area contributed by atoms with Gasteiger partial charge in [0.15, 0.2) is 9.84 Å². The van der Waals surface area contributed by atoms with Gasteiger partial charge in [0.05, 0.1) is 17.1 Å². The molecule has 1 N–H and O–H groups in total. The molecule has 6 nitrogen and oxygen atoms in total. The fourth-order valence-electron chi connectivity index (χ4n) is 3.40. The summed E-state index contributed by atoms with van der Waals surface area (Å²) in [6.07, 6.45) is 0.117. The summed E-state index contributed by atoms with van der Waals surface area (Å²) in [5, 5.41) is 2.81. The fourth-order valence-corrected chi connectivity index (χ4v) is 4.29. The lowest BCUT2D eigenvalue weighted by molar-refractivity contribution is -0.115. The maximum atomic E-state index is 12.8. The van der Waals surface area contributed by atoms with Crippen LogP contribution in [0.5, 0.6) is 0 Å². The normalized spacial score (nSPS) is 11.1. The van der Waals surface area contributed by atoms with Crippen molar-refractivity contribution in [3.63, 3.8) is 0 Å². The van der Waals surface area contributed by atoms with Crippen molar-refractivity contribution in [2.45, 2.75) is 31.7 Å². The first kappa shape index (κ1) is 24.2. The van der Waals surface area contributed by atoms with Crippen LogP contribution in [-0.2, 0) is 27.6 Å². The molecular formula is C26H28N2O4S. The van der Waals surface area contributed by atoms with E-state index in [4.69, 9.17) is 0 Å². The second kappa shape index (κ2) is 10.4. The Bertz CT molecular complexity index is 1230. The van der Waals surface area contributed by atoms with Gasteiger partial charge in [-0.1, -0.05) is 43.3 Å². The van der Waals surface area contributed by atoms with Crippen LogP contribution in [0.25, 0.3) is 0 Å². The van der Waals surface area contributed by atoms with Crippen molar-refractivity contribution in [2.24, 2.45) is 0 Å². The lowest BCUT2D eigenvalue weighted by Crippen LogP contribution is -2.26. The predicted octanol–water partition coefficient (Wildman–Crippen LogP) is 4.24. The van der Waals surface area contributed by atoms with E-state index < -0.39 is 9.84 Å². The highest BCUT2D eigenvalue weighted by atomic mass is 32.2. The molecule has 0 radical (unpaired) electrons. The summed E-state index contributed by atoms with van der Waals surface area (Å²) in [6.45, 7) is 4.13. The molecule has 0 saturated heterocycles. The molecule has 0 fully saturated rings. The smallest absolute Gasteiger partial charge is 0.253 e. The summed E-state index contributed by atoms with van der Waals surface area (Å²) in [4.78, 5) is 27.0. The standard InChI is InChI=1S/C26H28N2O4S/c1-4-33(31,32)24-15-9-20(10-16-24)17-25(29)27-23-13-11-21(12-14-23)26(30)28(3)18-22-8-6-5-7-19(22)2/h5-16H,4,17-18H2,1-3H3,(H,27,29). The Kier molecular flexibility index (Phi) is 7.66. The van der Waals surface area contributed by atoms with Crippen LogP contribution in [0.4, 0.5) is 5.69 Å². The van der Waals surface area contributed by atoms with Crippen LogP contribution in [0.3, 0.4) is 0 Å². The fraction of sp³-hybridized carbons (Fsp3) is 0.231. The molecule has 0 aliphatic carbocycles. The van der Waals surface area contributed by atoms with E-state index in [-0.39, 0.29) is 28.9 Å². The molecule has 0 aliphatic heterocycles. The first-order valence-corrected chi connectivity index (χ1v) is 12.4. The van der Waals surface area contributed by atoms with Gasteiger partial charge >= 0.3 is 0 Å². The third-order valence-corrected chi connectivity index (χ3v) is 7.21. The Morgan fingerprint density at radius 1 is 0.909 bits per heavy atom. The second-order valence-corrected chi connectivity index (χ2v) is 10.2. The number of anilines is 1. The molecule has 172 valence electrons. The van der Waals surface area contributed by atoms with Crippen molar-refractivity contribution in [1.29, 1.82) is 0 Å². The Morgan fingerprint density at radius 3 is 2.15 bits per heavy atom. The summed E-state index contributed by atoms with van der Waals surface area (Å²) in [5.74, 6) is -0.289. The van der Waals surface area contributed by atoms with Gasteiger partial charge in [0.1, 0.15) is 0 Å². The molecule has 0 aromatic heterocycles. The Morgan fingerprint density at radius 2 is 1.55 bits per heavy atom. The van der Waals surface area contributed by atoms with Crippen LogP contribution in [0.2, 0.25) is 0 Å². The largest absolute Gasteiger partial charge is 0.337 e. The molecule has 0 saturated carbocycles. The van der Waals surface area contributed by atoms with Crippen molar-refractivity contribution in [1.82, 2.24) is 4.90 Å². The van der Waals surface area contributed by atoms with Crippen LogP contribution < -0.4 is 5.32 Å². The molecule has 0 spiro atoms. The number of benzene rings is 3. The van der Waals surface area contributed by atoms with Gasteiger partial charge in [0, 0.05) is 24.8 Å². The highest BCUT2D eigenvalue weighted by molar-refractivity contribution is 7.91. The number of rotatable bonds is 8. The first-order valence-electron chi connectivity index (χ1n) is 10.7. The number of carbonyl (C=O) groups is 2. The van der Waals surface area contributed by atoms with Crippen molar-refractivity contribution in [3.8, 4) is 0 Å². The van der Waals surface area contributed by atoms with Crippen LogP contribution in [0.1, 0.15) is 34.0 Å². The monoisotopic (exact) mass is 464 g/mol. The first-order chi connectivity index (χ1) is 15.7. The van der Waals surface area contributed by atoms with Crippen LogP contribution in [0, 0.1) is 6.92 Å². The van der Waals surface area contributed by atoms with E-state index in [0.717, 1.165) is 11.1 Å². The van der Waals surface area contributed by atoms with E-state index in [1.54, 1.807) is 55.3 Å². The minimum absolute atomic E-state index is 0.0347. The minimum Gasteiger partial charge on any atom is -0.337 e. The summed E-state index contributed by atoms with van der Waals surface area (Å²) in [5.41, 5.74) is 4.07. The van der Waals surface area contributed by atoms with Gasteiger partial charge in [-0.2, -0.15) is 0 Å². The van der Waals surface area contributed by atoms with E-state index in [0.29, 0.717) is 23.4 Å². The molecule has 0 aliphatic rings. The second-order valence-electron chi connectivity index (χ2n) is 7.94. The number of hydrogen-bond donors (Lipinski definition) is 1. The molecule has 0 bridgehead atoms. The number of nitrogens with one attached hydrogen (secondary N) is 1. The van der Waals surface area contributed by atoms with Gasteiger partial charge in [-0.05, 0) is 60.0 Å². The number of aryl methyl sites for hydroxylation is 1. The zero-order chi connectivity index (χ0) is 24.0. The molecule has 0 atom stereocenters. The SMILES string of the molecule is CCS(=O)(=O)c1ccc(CC(=O)Nc2ccc(C(=O)N(C)Cc3ccccc3C)cc2)cc1. The van der Waals surface area contributed by atoms with E-state index in [1.807, 2.05) is 31.2 Å². The van der Waals surface area contributed by atoms with Crippen molar-refractivity contribution in [3.05, 3.63) is 95.1 Å². The molecule has 3 aromatic rings. The van der Waals surface area contributed by atoms with E-state index >= 15 is 0 Å². The molecule has 0 heterocycles. The highest BCUT2D eigenvalue weighted by Gasteiger charge is 2.14. The quantitative estimate of drug-likeness (QED) is 0.540. The Balaban J connectivity index is 1.58. The van der Waals surface area contributed by atoms with E-state index in [9.17, 15) is 18.0 Å². The highest BCUT2D eigenvalue weighted by Crippen LogP contribution is 2.16. The number of carbonyl (C=O) groups excluding carboxylic acids is 2. The van der Waals surface area contributed by atoms with Gasteiger partial charge in [-0.15, -0.1) is 0 Å². The van der Waals surface area contributed by atoms with Gasteiger partial charge in [0.2, 0.25) is 5.91 Å². The summed E-state index contributed by atoms with van der Waals surface area (Å²) < 4.78 is 23.8. The zero-order valence-electron chi connectivity index (χ0n) is 19.0. The van der Waals surface area contributed by atoms with Crippen molar-refractivity contribution < 1.29 is 18.0 Å². The third-order valence-electron chi connectivity index (χ3n) is 5.46. The molecule has 7 heteroatoms. The number of sulfone groups is 1. The third kappa shape index (κ3) is 6.29. The summed E-state index contributed by atoms with van der Waals surface area (Å²) in [6, 6.07) is 21.1. The molecule has 2 amide bonds. The average molecular weight is 465 g/mol.